The van der Waals surface area contributed by atoms with Crippen molar-refractivity contribution in [2.75, 3.05) is 39.6 Å². The van der Waals surface area contributed by atoms with Crippen LogP contribution in [0.1, 0.15) is 130 Å². The number of hydrogen-bond donors (Lipinski definition) is 0. The zero-order chi connectivity index (χ0) is 42.4. The van der Waals surface area contributed by atoms with Crippen LogP contribution >= 0.6 is 0 Å². The van der Waals surface area contributed by atoms with Crippen LogP contribution in [0, 0.1) is 0 Å². The Bertz CT molecular complexity index is 1450. The van der Waals surface area contributed by atoms with Gasteiger partial charge in [0.2, 0.25) is 12.2 Å². The molecule has 2 aromatic carbocycles. The molecule has 0 heterocycles. The number of carbonyl (C=O) groups excluding carboxylic acids is 4. The van der Waals surface area contributed by atoms with Crippen LogP contribution in [0.25, 0.3) is 12.2 Å². The minimum Gasteiger partial charge on any atom is -0.490 e. The zero-order valence-electron chi connectivity index (χ0n) is 35.6. The highest BCUT2D eigenvalue weighted by Crippen LogP contribution is 2.31. The van der Waals surface area contributed by atoms with Gasteiger partial charge >= 0.3 is 23.9 Å². The number of ether oxygens (including phenoxy) is 8. The van der Waals surface area contributed by atoms with E-state index in [1.165, 1.54) is 12.2 Å². The van der Waals surface area contributed by atoms with Gasteiger partial charge in [-0.2, -0.15) is 0 Å². The predicted molar refractivity (Wildman–Crippen MR) is 224 cm³/mol. The van der Waals surface area contributed by atoms with Crippen molar-refractivity contribution in [3.05, 3.63) is 59.7 Å². The Balaban J connectivity index is 2.39. The van der Waals surface area contributed by atoms with Crippen LogP contribution in [-0.4, -0.2) is 75.7 Å². The highest BCUT2D eigenvalue weighted by molar-refractivity contribution is 5.94. The van der Waals surface area contributed by atoms with Crippen LogP contribution in [0.2, 0.25) is 0 Å². The van der Waals surface area contributed by atoms with E-state index >= 15 is 0 Å². The maximum atomic E-state index is 13.5. The highest BCUT2D eigenvalue weighted by atomic mass is 16.6. The van der Waals surface area contributed by atoms with Gasteiger partial charge in [-0.25, -0.2) is 19.2 Å². The molecule has 0 aromatic heterocycles. The quantitative estimate of drug-likeness (QED) is 0.0310. The summed E-state index contributed by atoms with van der Waals surface area (Å²) in [6.45, 7) is 14.2. The maximum Gasteiger partial charge on any atom is 0.352 e. The molecule has 0 aliphatic rings. The number of benzene rings is 2. The van der Waals surface area contributed by atoms with Crippen molar-refractivity contribution in [1.82, 2.24) is 0 Å². The third kappa shape index (κ3) is 19.4. The van der Waals surface area contributed by atoms with Crippen molar-refractivity contribution in [2.24, 2.45) is 0 Å². The summed E-state index contributed by atoms with van der Waals surface area (Å²) in [6.07, 6.45) is 11.1. The molecule has 0 saturated heterocycles. The molecule has 0 radical (unpaired) electrons. The molecule has 2 rings (SSSR count). The van der Waals surface area contributed by atoms with Crippen molar-refractivity contribution in [3.8, 4) is 23.0 Å². The largest absolute Gasteiger partial charge is 0.490 e. The smallest absolute Gasteiger partial charge is 0.352 e. The molecule has 2 unspecified atom stereocenters. The lowest BCUT2D eigenvalue weighted by Crippen LogP contribution is -2.47. The second-order valence-corrected chi connectivity index (χ2v) is 13.6. The van der Waals surface area contributed by atoms with Crippen LogP contribution in [0.5, 0.6) is 23.0 Å². The SMILES string of the molecule is CCCCOC(=O)C(OC(=O)/C=C/c1ccc(OCCCC)c(OCCCC)c1)C(OC(=O)/C=C/c1ccc(OCCCC)c(OCCCC)c1)C(=O)OCCCC. The molecule has 2 aromatic rings. The molecule has 12 heteroatoms. The molecule has 58 heavy (non-hydrogen) atoms. The minimum atomic E-state index is -1.96. The minimum absolute atomic E-state index is 0.00102. The Hall–Kier alpha value is -5.00. The molecule has 0 aliphatic carbocycles. The van der Waals surface area contributed by atoms with E-state index in [0.717, 1.165) is 63.5 Å². The van der Waals surface area contributed by atoms with Crippen molar-refractivity contribution < 1.29 is 57.1 Å². The first kappa shape index (κ1) is 49.1. The van der Waals surface area contributed by atoms with Gasteiger partial charge in [-0.15, -0.1) is 0 Å². The Morgan fingerprint density at radius 3 is 1.09 bits per heavy atom. The van der Waals surface area contributed by atoms with Gasteiger partial charge in [0.15, 0.2) is 23.0 Å². The molecular weight excluding hydrogens is 744 g/mol. The van der Waals surface area contributed by atoms with Gasteiger partial charge in [-0.1, -0.05) is 92.2 Å². The number of esters is 4. The van der Waals surface area contributed by atoms with Crippen LogP contribution in [0.15, 0.2) is 48.6 Å². The molecule has 0 N–H and O–H groups in total. The third-order valence-corrected chi connectivity index (χ3v) is 8.49. The summed E-state index contributed by atoms with van der Waals surface area (Å²) in [6, 6.07) is 10.5. The summed E-state index contributed by atoms with van der Waals surface area (Å²) >= 11 is 0. The second kappa shape index (κ2) is 30.1. The summed E-state index contributed by atoms with van der Waals surface area (Å²) in [5.41, 5.74) is 1.19. The average Bonchev–Trinajstić information content (AvgIpc) is 3.22. The third-order valence-electron chi connectivity index (χ3n) is 8.49. The van der Waals surface area contributed by atoms with E-state index in [4.69, 9.17) is 37.9 Å². The van der Waals surface area contributed by atoms with E-state index in [0.29, 0.717) is 86.2 Å². The van der Waals surface area contributed by atoms with Crippen molar-refractivity contribution in [1.29, 1.82) is 0 Å². The van der Waals surface area contributed by atoms with Gasteiger partial charge in [0.25, 0.3) is 0 Å². The summed E-state index contributed by atoms with van der Waals surface area (Å²) in [4.78, 5) is 53.5. The lowest BCUT2D eigenvalue weighted by Gasteiger charge is -2.23. The monoisotopic (exact) mass is 810 g/mol. The molecule has 2 atom stereocenters. The Morgan fingerprint density at radius 2 is 0.759 bits per heavy atom. The van der Waals surface area contributed by atoms with E-state index in [1.54, 1.807) is 36.4 Å². The van der Waals surface area contributed by atoms with Gasteiger partial charge in [0, 0.05) is 12.2 Å². The number of carbonyl (C=O) groups is 4. The molecule has 0 spiro atoms. The van der Waals surface area contributed by atoms with Crippen molar-refractivity contribution in [2.45, 2.75) is 131 Å². The van der Waals surface area contributed by atoms with Crippen molar-refractivity contribution in [3.63, 3.8) is 0 Å². The van der Waals surface area contributed by atoms with Crippen LogP contribution in [0.3, 0.4) is 0 Å². The molecule has 0 fully saturated rings. The predicted octanol–water partition coefficient (Wildman–Crippen LogP) is 9.64. The topological polar surface area (TPSA) is 142 Å². The van der Waals surface area contributed by atoms with Gasteiger partial charge in [-0.3, -0.25) is 0 Å². The van der Waals surface area contributed by atoms with Gasteiger partial charge < -0.3 is 37.9 Å². The van der Waals surface area contributed by atoms with Gasteiger partial charge in [0.05, 0.1) is 39.6 Å². The Labute approximate surface area is 345 Å². The standard InChI is InChI=1S/C46H66O12/c1-7-13-27-51-37-23-19-35(33-39(37)53-29-15-9-3)21-25-41(47)57-43(45(49)55-31-17-11-5)44(46(50)56-32-18-12-6)58-42(48)26-22-36-20-24-38(52-28-14-8-2)40(34-36)54-30-16-10-4/h19-26,33-34,43-44H,7-18,27-32H2,1-6H3/b25-21+,26-22+. The summed E-state index contributed by atoms with van der Waals surface area (Å²) in [7, 11) is 0. The van der Waals surface area contributed by atoms with Crippen LogP contribution < -0.4 is 18.9 Å². The van der Waals surface area contributed by atoms with Crippen molar-refractivity contribution >= 4 is 36.0 Å². The molecular formula is C46H66O12. The summed E-state index contributed by atoms with van der Waals surface area (Å²) in [5.74, 6) is -1.84. The van der Waals surface area contributed by atoms with Crippen LogP contribution in [0.4, 0.5) is 0 Å². The molecule has 322 valence electrons. The normalized spacial score (nSPS) is 12.2. The molecule has 12 nitrogen and oxygen atoms in total. The molecule has 0 bridgehead atoms. The first-order chi connectivity index (χ1) is 28.2. The molecule has 0 aliphatic heterocycles. The second-order valence-electron chi connectivity index (χ2n) is 13.6. The first-order valence-corrected chi connectivity index (χ1v) is 21.1. The van der Waals surface area contributed by atoms with E-state index in [1.807, 2.05) is 13.8 Å². The Kier molecular flexibility index (Phi) is 25.5. The lowest BCUT2D eigenvalue weighted by molar-refractivity contribution is -0.188. The fourth-order valence-electron chi connectivity index (χ4n) is 4.95. The average molecular weight is 811 g/mol. The maximum absolute atomic E-state index is 13.5. The van der Waals surface area contributed by atoms with E-state index in [9.17, 15) is 19.2 Å². The fraction of sp³-hybridized carbons (Fsp3) is 0.565. The molecule has 0 saturated carbocycles. The highest BCUT2D eigenvalue weighted by Gasteiger charge is 2.42. The number of hydrogen-bond acceptors (Lipinski definition) is 12. The summed E-state index contributed by atoms with van der Waals surface area (Å²) in [5, 5.41) is 0. The lowest BCUT2D eigenvalue weighted by atomic mass is 10.1. The van der Waals surface area contributed by atoms with E-state index in [-0.39, 0.29) is 13.2 Å². The fourth-order valence-corrected chi connectivity index (χ4v) is 4.95. The van der Waals surface area contributed by atoms with E-state index < -0.39 is 36.1 Å². The number of unbranched alkanes of at least 4 members (excludes halogenated alkanes) is 6. The molecule has 0 amide bonds. The van der Waals surface area contributed by atoms with Gasteiger partial charge in [0.1, 0.15) is 0 Å². The Morgan fingerprint density at radius 1 is 0.448 bits per heavy atom. The van der Waals surface area contributed by atoms with E-state index in [2.05, 4.69) is 27.7 Å². The number of rotatable bonds is 31. The first-order valence-electron chi connectivity index (χ1n) is 21.1. The summed E-state index contributed by atoms with van der Waals surface area (Å²) < 4.78 is 45.6. The zero-order valence-corrected chi connectivity index (χ0v) is 35.6. The van der Waals surface area contributed by atoms with Crippen LogP contribution in [-0.2, 0) is 38.1 Å². The van der Waals surface area contributed by atoms with Gasteiger partial charge in [-0.05, 0) is 86.1 Å².